The maximum absolute atomic E-state index is 12.0. The lowest BCUT2D eigenvalue weighted by molar-refractivity contribution is -0.0751. The molecule has 0 aromatic rings. The van der Waals surface area contributed by atoms with Crippen LogP contribution in [0.3, 0.4) is 0 Å². The zero-order valence-electron chi connectivity index (χ0n) is 4.60. The van der Waals surface area contributed by atoms with Crippen LogP contribution in [0, 0.1) is 0 Å². The lowest BCUT2D eigenvalue weighted by Gasteiger charge is -2.38. The van der Waals surface area contributed by atoms with Gasteiger partial charge in [0.05, 0.1) is 5.60 Å². The van der Waals surface area contributed by atoms with Gasteiger partial charge >= 0.3 is 0 Å². The number of hydrogen-bond acceptors (Lipinski definition) is 2. The molecule has 1 aliphatic carbocycles. The van der Waals surface area contributed by atoms with Crippen molar-refractivity contribution in [3.63, 3.8) is 0 Å². The van der Waals surface area contributed by atoms with Crippen LogP contribution in [0.25, 0.3) is 0 Å². The largest absolute Gasteiger partial charge is 0.388 e. The Balaban J connectivity index is 2.30. The number of hydrogen-bond donors (Lipinski definition) is 2. The molecule has 8 heavy (non-hydrogen) atoms. The fourth-order valence-corrected chi connectivity index (χ4v) is 0.931. The minimum Gasteiger partial charge on any atom is -0.388 e. The highest BCUT2D eigenvalue weighted by Crippen LogP contribution is 2.33. The van der Waals surface area contributed by atoms with Gasteiger partial charge in [0.1, 0.15) is 6.17 Å². The van der Waals surface area contributed by atoms with Crippen LogP contribution in [-0.4, -0.2) is 23.4 Å². The van der Waals surface area contributed by atoms with Gasteiger partial charge in [0.25, 0.3) is 0 Å². The first-order valence-electron chi connectivity index (χ1n) is 2.73. The maximum Gasteiger partial charge on any atom is 0.106 e. The average molecular weight is 119 g/mol. The van der Waals surface area contributed by atoms with Gasteiger partial charge in [0.15, 0.2) is 0 Å². The van der Waals surface area contributed by atoms with Crippen molar-refractivity contribution in [3.05, 3.63) is 0 Å². The molecule has 1 aliphatic rings. The van der Waals surface area contributed by atoms with E-state index in [4.69, 9.17) is 10.8 Å². The van der Waals surface area contributed by atoms with Crippen LogP contribution in [0.2, 0.25) is 0 Å². The van der Waals surface area contributed by atoms with E-state index < -0.39 is 11.8 Å². The third-order valence-corrected chi connectivity index (χ3v) is 1.58. The summed E-state index contributed by atoms with van der Waals surface area (Å²) in [6.07, 6.45) is -0.365. The summed E-state index contributed by atoms with van der Waals surface area (Å²) in [6, 6.07) is 0. The SMILES string of the molecule is NCC1(O)CC(F)C1. The molecule has 1 saturated carbocycles. The van der Waals surface area contributed by atoms with Gasteiger partial charge < -0.3 is 10.8 Å². The van der Waals surface area contributed by atoms with Gasteiger partial charge in [0, 0.05) is 19.4 Å². The molecule has 0 atom stereocenters. The number of nitrogens with two attached hydrogens (primary N) is 1. The third kappa shape index (κ3) is 0.833. The number of halogens is 1. The van der Waals surface area contributed by atoms with E-state index in [-0.39, 0.29) is 19.4 Å². The maximum atomic E-state index is 12.0. The molecule has 0 heterocycles. The van der Waals surface area contributed by atoms with Gasteiger partial charge in [-0.1, -0.05) is 0 Å². The molecule has 48 valence electrons. The Morgan fingerprint density at radius 2 is 2.25 bits per heavy atom. The zero-order chi connectivity index (χ0) is 6.20. The lowest BCUT2D eigenvalue weighted by Crippen LogP contribution is -2.50. The van der Waals surface area contributed by atoms with Crippen molar-refractivity contribution in [2.45, 2.75) is 24.6 Å². The summed E-state index contributed by atoms with van der Waals surface area (Å²) < 4.78 is 12.0. The van der Waals surface area contributed by atoms with Crippen molar-refractivity contribution in [1.29, 1.82) is 0 Å². The van der Waals surface area contributed by atoms with E-state index in [1.165, 1.54) is 0 Å². The summed E-state index contributed by atoms with van der Waals surface area (Å²) >= 11 is 0. The summed E-state index contributed by atoms with van der Waals surface area (Å²) in [7, 11) is 0. The highest BCUT2D eigenvalue weighted by molar-refractivity contribution is 4.94. The molecule has 0 amide bonds. The van der Waals surface area contributed by atoms with Crippen molar-refractivity contribution in [3.8, 4) is 0 Å². The smallest absolute Gasteiger partial charge is 0.106 e. The molecule has 0 saturated heterocycles. The number of alkyl halides is 1. The quantitative estimate of drug-likeness (QED) is 0.502. The van der Waals surface area contributed by atoms with Crippen molar-refractivity contribution in [1.82, 2.24) is 0 Å². The van der Waals surface area contributed by atoms with E-state index >= 15 is 0 Å². The molecular weight excluding hydrogens is 109 g/mol. The van der Waals surface area contributed by atoms with Gasteiger partial charge in [-0.05, 0) is 0 Å². The van der Waals surface area contributed by atoms with Crippen LogP contribution in [-0.2, 0) is 0 Å². The Labute approximate surface area is 47.5 Å². The number of rotatable bonds is 1. The molecule has 2 nitrogen and oxygen atoms in total. The van der Waals surface area contributed by atoms with Gasteiger partial charge in [-0.15, -0.1) is 0 Å². The second kappa shape index (κ2) is 1.67. The Kier molecular flexibility index (Phi) is 1.25. The average Bonchev–Trinajstić information content (AvgIpc) is 1.63. The van der Waals surface area contributed by atoms with Crippen LogP contribution in [0.15, 0.2) is 0 Å². The molecule has 0 bridgehead atoms. The Morgan fingerprint density at radius 1 is 1.75 bits per heavy atom. The van der Waals surface area contributed by atoms with Crippen LogP contribution >= 0.6 is 0 Å². The van der Waals surface area contributed by atoms with Crippen molar-refractivity contribution >= 4 is 0 Å². The topological polar surface area (TPSA) is 46.2 Å². The highest BCUT2D eigenvalue weighted by atomic mass is 19.1. The standard InChI is InChI=1S/C5H10FNO/c6-4-1-5(8,2-4)3-7/h4,8H,1-3,7H2. The lowest BCUT2D eigenvalue weighted by atomic mass is 9.79. The van der Waals surface area contributed by atoms with E-state index in [2.05, 4.69) is 0 Å². The fourth-order valence-electron chi connectivity index (χ4n) is 0.931. The van der Waals surface area contributed by atoms with Crippen molar-refractivity contribution in [2.24, 2.45) is 5.73 Å². The predicted octanol–water partition coefficient (Wildman–Crippen LogP) is -0.192. The Morgan fingerprint density at radius 3 is 2.38 bits per heavy atom. The molecule has 3 heteroatoms. The first-order chi connectivity index (χ1) is 3.66. The molecule has 0 aromatic carbocycles. The van der Waals surface area contributed by atoms with Crippen LogP contribution in [0.1, 0.15) is 12.8 Å². The summed E-state index contributed by atoms with van der Waals surface area (Å²) in [6.45, 7) is 0.188. The fraction of sp³-hybridized carbons (Fsp3) is 1.00. The van der Waals surface area contributed by atoms with E-state index in [0.717, 1.165) is 0 Å². The second-order valence-electron chi connectivity index (χ2n) is 2.43. The van der Waals surface area contributed by atoms with Gasteiger partial charge in [0.2, 0.25) is 0 Å². The summed E-state index contributed by atoms with van der Waals surface area (Å²) in [4.78, 5) is 0. The normalized spacial score (nSPS) is 46.1. The Bertz CT molecular complexity index is 90.4. The molecular formula is C5H10FNO. The Hall–Kier alpha value is -0.150. The van der Waals surface area contributed by atoms with E-state index in [1.807, 2.05) is 0 Å². The summed E-state index contributed by atoms with van der Waals surface area (Å²) in [5.74, 6) is 0. The summed E-state index contributed by atoms with van der Waals surface area (Å²) in [5.41, 5.74) is 4.25. The molecule has 1 fully saturated rings. The predicted molar refractivity (Wildman–Crippen MR) is 28.1 cm³/mol. The van der Waals surface area contributed by atoms with E-state index in [1.54, 1.807) is 0 Å². The molecule has 0 aliphatic heterocycles. The van der Waals surface area contributed by atoms with Gasteiger partial charge in [-0.3, -0.25) is 0 Å². The summed E-state index contributed by atoms with van der Waals surface area (Å²) in [5, 5.41) is 9.02. The van der Waals surface area contributed by atoms with Gasteiger partial charge in [-0.25, -0.2) is 4.39 Å². The minimum atomic E-state index is -0.862. The molecule has 1 rings (SSSR count). The molecule has 0 spiro atoms. The first-order valence-corrected chi connectivity index (χ1v) is 2.73. The van der Waals surface area contributed by atoms with E-state index in [0.29, 0.717) is 0 Å². The monoisotopic (exact) mass is 119 g/mol. The number of aliphatic hydroxyl groups is 1. The highest BCUT2D eigenvalue weighted by Gasteiger charge is 2.41. The van der Waals surface area contributed by atoms with Crippen LogP contribution in [0.4, 0.5) is 4.39 Å². The zero-order valence-corrected chi connectivity index (χ0v) is 4.60. The molecule has 3 N–H and O–H groups in total. The first kappa shape index (κ1) is 5.98. The molecule has 0 unspecified atom stereocenters. The molecule has 0 aromatic heterocycles. The van der Waals surface area contributed by atoms with Gasteiger partial charge in [-0.2, -0.15) is 0 Å². The van der Waals surface area contributed by atoms with Crippen molar-refractivity contribution < 1.29 is 9.50 Å². The third-order valence-electron chi connectivity index (χ3n) is 1.58. The van der Waals surface area contributed by atoms with Crippen LogP contribution in [0.5, 0.6) is 0 Å². The van der Waals surface area contributed by atoms with E-state index in [9.17, 15) is 4.39 Å². The van der Waals surface area contributed by atoms with Crippen molar-refractivity contribution in [2.75, 3.05) is 6.54 Å². The van der Waals surface area contributed by atoms with Crippen LogP contribution < -0.4 is 5.73 Å². The molecule has 0 radical (unpaired) electrons. The second-order valence-corrected chi connectivity index (χ2v) is 2.43. The minimum absolute atomic E-state index is 0.188.